The molecule has 0 nitrogen and oxygen atoms in total. The Hall–Kier alpha value is 0.520. The first-order valence-corrected chi connectivity index (χ1v) is 11.1. The Labute approximate surface area is 141 Å². The summed E-state index contributed by atoms with van der Waals surface area (Å²) in [6.07, 6.45) is 4.42. The van der Waals surface area contributed by atoms with E-state index in [0.29, 0.717) is 0 Å². The predicted molar refractivity (Wildman–Crippen MR) is 101 cm³/mol. The summed E-state index contributed by atoms with van der Waals surface area (Å²) in [6.45, 7) is 4.51. The van der Waals surface area contributed by atoms with E-state index in [1.54, 1.807) is 0 Å². The van der Waals surface area contributed by atoms with Crippen LogP contribution in [0, 0.1) is 23.7 Å². The second kappa shape index (κ2) is 8.23. The van der Waals surface area contributed by atoms with E-state index in [9.17, 15) is 0 Å². The van der Waals surface area contributed by atoms with Crippen LogP contribution >= 0.6 is 47.0 Å². The standard InChI is InChI=1S/C16H22S4/c1-15(17-11-12-18-15)9-7-5-3-4-6-8-10-16(2)19-13-14-20-16/h3-6,11-14H2,1-2H3. The molecular formula is C16H22S4. The molecule has 0 N–H and O–H groups in total. The molecule has 0 radical (unpaired) electrons. The van der Waals surface area contributed by atoms with Crippen molar-refractivity contribution >= 4 is 47.0 Å². The molecule has 2 aliphatic rings. The highest BCUT2D eigenvalue weighted by atomic mass is 32.2. The van der Waals surface area contributed by atoms with E-state index in [2.05, 4.69) is 37.5 Å². The number of hydrogen-bond acceptors (Lipinski definition) is 4. The predicted octanol–water partition coefficient (Wildman–Crippen LogP) is 4.95. The lowest BCUT2D eigenvalue weighted by Crippen LogP contribution is -2.06. The fraction of sp³-hybridized carbons (Fsp3) is 0.750. The Morgan fingerprint density at radius 3 is 1.40 bits per heavy atom. The first kappa shape index (κ1) is 16.9. The number of hydrogen-bond donors (Lipinski definition) is 0. The summed E-state index contributed by atoms with van der Waals surface area (Å²) < 4.78 is 0.344. The Balaban J connectivity index is 1.58. The fourth-order valence-electron chi connectivity index (χ4n) is 2.05. The Morgan fingerprint density at radius 1 is 0.700 bits per heavy atom. The maximum absolute atomic E-state index is 3.43. The van der Waals surface area contributed by atoms with Crippen molar-refractivity contribution in [2.24, 2.45) is 0 Å². The third-order valence-electron chi connectivity index (χ3n) is 3.16. The summed E-state index contributed by atoms with van der Waals surface area (Å²) in [5.41, 5.74) is 0. The molecule has 0 spiro atoms. The SMILES string of the molecule is CC1(C#CCCCCC#CC2(C)SCCS2)SCCS1. The molecule has 4 heteroatoms. The minimum atomic E-state index is 0.172. The lowest BCUT2D eigenvalue weighted by Gasteiger charge is -2.12. The minimum Gasteiger partial charge on any atom is -0.131 e. The van der Waals surface area contributed by atoms with Gasteiger partial charge in [-0.15, -0.1) is 58.9 Å². The van der Waals surface area contributed by atoms with E-state index >= 15 is 0 Å². The lowest BCUT2D eigenvalue weighted by atomic mass is 10.2. The first-order valence-electron chi connectivity index (χ1n) is 7.18. The minimum absolute atomic E-state index is 0.172. The van der Waals surface area contributed by atoms with Gasteiger partial charge in [-0.25, -0.2) is 0 Å². The normalized spacial score (nSPS) is 22.7. The van der Waals surface area contributed by atoms with Crippen molar-refractivity contribution in [2.45, 2.75) is 47.7 Å². The van der Waals surface area contributed by atoms with Crippen molar-refractivity contribution in [1.82, 2.24) is 0 Å². The molecule has 0 amide bonds. The highest BCUT2D eigenvalue weighted by molar-refractivity contribution is 8.22. The third-order valence-corrected chi connectivity index (χ3v) is 9.34. The summed E-state index contributed by atoms with van der Waals surface area (Å²) in [6, 6.07) is 0. The topological polar surface area (TPSA) is 0 Å². The molecule has 0 aliphatic carbocycles. The molecule has 0 saturated carbocycles. The van der Waals surface area contributed by atoms with Crippen LogP contribution in [-0.4, -0.2) is 31.2 Å². The maximum Gasteiger partial charge on any atom is 0.119 e. The highest BCUT2D eigenvalue weighted by Gasteiger charge is 2.28. The summed E-state index contributed by atoms with van der Waals surface area (Å²) in [5, 5.41) is 0. The summed E-state index contributed by atoms with van der Waals surface area (Å²) in [7, 11) is 0. The molecular weight excluding hydrogens is 320 g/mol. The van der Waals surface area contributed by atoms with Gasteiger partial charge in [0.1, 0.15) is 8.16 Å². The van der Waals surface area contributed by atoms with Crippen molar-refractivity contribution < 1.29 is 0 Å². The van der Waals surface area contributed by atoms with Crippen LogP contribution in [0.5, 0.6) is 0 Å². The number of thioether (sulfide) groups is 4. The zero-order chi connectivity index (χ0) is 14.3. The summed E-state index contributed by atoms with van der Waals surface area (Å²) in [4.78, 5) is 0. The van der Waals surface area contributed by atoms with Crippen LogP contribution in [0.2, 0.25) is 0 Å². The van der Waals surface area contributed by atoms with Crippen LogP contribution in [0.15, 0.2) is 0 Å². The number of rotatable bonds is 3. The van der Waals surface area contributed by atoms with Crippen LogP contribution in [0.3, 0.4) is 0 Å². The van der Waals surface area contributed by atoms with Gasteiger partial charge in [0.15, 0.2) is 0 Å². The molecule has 0 atom stereocenters. The smallest absolute Gasteiger partial charge is 0.119 e. The monoisotopic (exact) mass is 342 g/mol. The molecule has 110 valence electrons. The van der Waals surface area contributed by atoms with Gasteiger partial charge < -0.3 is 0 Å². The van der Waals surface area contributed by atoms with E-state index in [0.717, 1.165) is 12.8 Å². The van der Waals surface area contributed by atoms with Crippen LogP contribution in [-0.2, 0) is 0 Å². The van der Waals surface area contributed by atoms with Gasteiger partial charge >= 0.3 is 0 Å². The van der Waals surface area contributed by atoms with Gasteiger partial charge in [0.2, 0.25) is 0 Å². The van der Waals surface area contributed by atoms with Gasteiger partial charge in [0.25, 0.3) is 0 Å². The van der Waals surface area contributed by atoms with Gasteiger partial charge in [0.05, 0.1) is 0 Å². The summed E-state index contributed by atoms with van der Waals surface area (Å²) in [5.74, 6) is 18.6. The van der Waals surface area contributed by atoms with Crippen molar-refractivity contribution in [3.8, 4) is 23.7 Å². The average molecular weight is 343 g/mol. The van der Waals surface area contributed by atoms with Gasteiger partial charge in [-0.05, 0) is 26.7 Å². The second-order valence-electron chi connectivity index (χ2n) is 5.10. The van der Waals surface area contributed by atoms with Crippen molar-refractivity contribution in [3.05, 3.63) is 0 Å². The zero-order valence-electron chi connectivity index (χ0n) is 12.3. The molecule has 0 aromatic rings. The first-order chi connectivity index (χ1) is 9.62. The van der Waals surface area contributed by atoms with Gasteiger partial charge in [-0.1, -0.05) is 11.8 Å². The lowest BCUT2D eigenvalue weighted by molar-refractivity contribution is 0.781. The highest BCUT2D eigenvalue weighted by Crippen LogP contribution is 2.43. The van der Waals surface area contributed by atoms with Crippen molar-refractivity contribution in [3.63, 3.8) is 0 Å². The van der Waals surface area contributed by atoms with E-state index in [4.69, 9.17) is 0 Å². The summed E-state index contributed by atoms with van der Waals surface area (Å²) >= 11 is 7.97. The molecule has 0 unspecified atom stereocenters. The van der Waals surface area contributed by atoms with Crippen LogP contribution in [0.1, 0.15) is 39.5 Å². The van der Waals surface area contributed by atoms with Gasteiger partial charge in [0, 0.05) is 35.9 Å². The average Bonchev–Trinajstić information content (AvgIpc) is 3.03. The fourth-order valence-corrected chi connectivity index (χ4v) is 7.18. The third kappa shape index (κ3) is 5.72. The van der Waals surface area contributed by atoms with Crippen molar-refractivity contribution in [2.75, 3.05) is 23.0 Å². The van der Waals surface area contributed by atoms with E-state index in [1.807, 2.05) is 47.0 Å². The van der Waals surface area contributed by atoms with Crippen LogP contribution in [0.4, 0.5) is 0 Å². The molecule has 2 saturated heterocycles. The molecule has 0 bridgehead atoms. The zero-order valence-corrected chi connectivity index (χ0v) is 15.6. The van der Waals surface area contributed by atoms with E-state index < -0.39 is 0 Å². The molecule has 2 heterocycles. The molecule has 2 fully saturated rings. The molecule has 2 aliphatic heterocycles. The Bertz CT molecular complexity index is 381. The van der Waals surface area contributed by atoms with Crippen molar-refractivity contribution in [1.29, 1.82) is 0 Å². The molecule has 20 heavy (non-hydrogen) atoms. The van der Waals surface area contributed by atoms with Gasteiger partial charge in [-0.3, -0.25) is 0 Å². The Kier molecular flexibility index (Phi) is 6.95. The Morgan fingerprint density at radius 2 is 1.05 bits per heavy atom. The second-order valence-corrected chi connectivity index (χ2v) is 11.7. The van der Waals surface area contributed by atoms with E-state index in [1.165, 1.54) is 35.9 Å². The van der Waals surface area contributed by atoms with Crippen LogP contribution < -0.4 is 0 Å². The van der Waals surface area contributed by atoms with Gasteiger partial charge in [-0.2, -0.15) is 0 Å². The quantitative estimate of drug-likeness (QED) is 0.525. The molecule has 0 aromatic heterocycles. The molecule has 0 aromatic carbocycles. The largest absolute Gasteiger partial charge is 0.131 e. The number of unbranched alkanes of at least 4 members (excludes halogenated alkanes) is 3. The van der Waals surface area contributed by atoms with Crippen LogP contribution in [0.25, 0.3) is 0 Å². The molecule has 2 rings (SSSR count). The maximum atomic E-state index is 3.43. The van der Waals surface area contributed by atoms with E-state index in [-0.39, 0.29) is 8.16 Å².